The van der Waals surface area contributed by atoms with E-state index in [4.69, 9.17) is 5.11 Å². The topological polar surface area (TPSA) is 113 Å². The average molecular weight is 408 g/mol. The first-order valence-corrected chi connectivity index (χ1v) is 10.0. The molecule has 0 radical (unpaired) electrons. The van der Waals surface area contributed by atoms with Crippen LogP contribution < -0.4 is 10.0 Å². The Kier molecular flexibility index (Phi) is 7.24. The average Bonchev–Trinajstić information content (AvgIpc) is 2.61. The number of benzene rings is 2. The molecule has 0 aliphatic rings. The van der Waals surface area contributed by atoms with Gasteiger partial charge in [0.25, 0.3) is 0 Å². The van der Waals surface area contributed by atoms with E-state index in [2.05, 4.69) is 10.0 Å². The lowest BCUT2D eigenvalue weighted by Crippen LogP contribution is -2.50. The fourth-order valence-corrected chi connectivity index (χ4v) is 3.88. The molecule has 2 rings (SSSR count). The van der Waals surface area contributed by atoms with E-state index in [1.54, 1.807) is 30.3 Å². The second-order valence-electron chi connectivity index (χ2n) is 6.30. The van der Waals surface area contributed by atoms with Crippen molar-refractivity contribution in [3.8, 4) is 0 Å². The van der Waals surface area contributed by atoms with E-state index >= 15 is 0 Å². The van der Waals surface area contributed by atoms with Gasteiger partial charge in [-0.2, -0.15) is 4.72 Å². The first-order chi connectivity index (χ1) is 13.2. The Morgan fingerprint density at radius 3 is 2.29 bits per heavy atom. The molecule has 0 unspecified atom stereocenters. The van der Waals surface area contributed by atoms with Crippen LogP contribution in [0.5, 0.6) is 0 Å². The molecule has 28 heavy (non-hydrogen) atoms. The number of aliphatic carboxylic acids is 1. The molecule has 0 bridgehead atoms. The van der Waals surface area contributed by atoms with Crippen molar-refractivity contribution in [2.24, 2.45) is 0 Å². The third-order valence-electron chi connectivity index (χ3n) is 3.89. The van der Waals surface area contributed by atoms with Crippen molar-refractivity contribution < 1.29 is 27.5 Å². The van der Waals surface area contributed by atoms with Crippen molar-refractivity contribution in [1.82, 2.24) is 10.0 Å². The van der Waals surface area contributed by atoms with Crippen molar-refractivity contribution in [3.63, 3.8) is 0 Å². The number of amides is 1. The van der Waals surface area contributed by atoms with E-state index in [-0.39, 0.29) is 12.8 Å². The minimum Gasteiger partial charge on any atom is -0.481 e. The zero-order valence-corrected chi connectivity index (χ0v) is 15.9. The molecule has 2 atom stereocenters. The molecule has 0 aliphatic carbocycles. The summed E-state index contributed by atoms with van der Waals surface area (Å²) in [5.74, 6) is -2.73. The molecule has 9 heteroatoms. The van der Waals surface area contributed by atoms with Crippen LogP contribution in [0.15, 0.2) is 59.5 Å². The maximum atomic E-state index is 13.9. The minimum absolute atomic E-state index is 0.0140. The molecule has 150 valence electrons. The van der Waals surface area contributed by atoms with Crippen molar-refractivity contribution in [3.05, 3.63) is 66.0 Å². The maximum absolute atomic E-state index is 13.9. The van der Waals surface area contributed by atoms with Crippen LogP contribution in [0.2, 0.25) is 0 Å². The number of halogens is 1. The third-order valence-corrected chi connectivity index (χ3v) is 5.40. The van der Waals surface area contributed by atoms with Gasteiger partial charge >= 0.3 is 5.97 Å². The van der Waals surface area contributed by atoms with Crippen molar-refractivity contribution in [2.75, 3.05) is 0 Å². The van der Waals surface area contributed by atoms with Gasteiger partial charge in [-0.15, -0.1) is 0 Å². The fraction of sp³-hybridized carbons (Fsp3) is 0.263. The molecule has 2 aromatic rings. The predicted octanol–water partition coefficient (Wildman–Crippen LogP) is 1.69. The molecule has 0 fully saturated rings. The molecular weight excluding hydrogens is 387 g/mol. The Morgan fingerprint density at radius 1 is 1.07 bits per heavy atom. The van der Waals surface area contributed by atoms with Gasteiger partial charge in [0.2, 0.25) is 15.9 Å². The smallest absolute Gasteiger partial charge is 0.305 e. The lowest BCUT2D eigenvalue weighted by Gasteiger charge is -2.21. The van der Waals surface area contributed by atoms with Crippen LogP contribution in [0.3, 0.4) is 0 Å². The van der Waals surface area contributed by atoms with Gasteiger partial charge in [-0.3, -0.25) is 9.59 Å². The molecule has 0 saturated carbocycles. The van der Waals surface area contributed by atoms with Crippen LogP contribution in [0.25, 0.3) is 0 Å². The maximum Gasteiger partial charge on any atom is 0.305 e. The summed E-state index contributed by atoms with van der Waals surface area (Å²) in [6.45, 7) is 1.50. The second kappa shape index (κ2) is 9.43. The van der Waals surface area contributed by atoms with Gasteiger partial charge in [0.15, 0.2) is 0 Å². The number of nitrogens with one attached hydrogen (secondary N) is 2. The van der Waals surface area contributed by atoms with Crippen LogP contribution in [-0.2, 0) is 26.0 Å². The molecule has 0 aromatic heterocycles. The number of carbonyl (C=O) groups is 2. The number of rotatable bonds is 9. The molecule has 0 heterocycles. The normalized spacial score (nSPS) is 13.5. The molecule has 0 aliphatic heterocycles. The minimum atomic E-state index is -4.32. The number of carbonyl (C=O) groups excluding carboxylic acids is 1. The molecule has 1 amide bonds. The van der Waals surface area contributed by atoms with Gasteiger partial charge in [0, 0.05) is 6.04 Å². The highest BCUT2D eigenvalue weighted by Gasteiger charge is 2.28. The van der Waals surface area contributed by atoms with Crippen molar-refractivity contribution in [2.45, 2.75) is 36.7 Å². The first-order valence-electron chi connectivity index (χ1n) is 8.52. The van der Waals surface area contributed by atoms with E-state index in [0.717, 1.165) is 12.1 Å². The molecule has 0 saturated heterocycles. The summed E-state index contributed by atoms with van der Waals surface area (Å²) in [4.78, 5) is 22.8. The molecule has 3 N–H and O–H groups in total. The first kappa shape index (κ1) is 21.5. The van der Waals surface area contributed by atoms with Gasteiger partial charge in [-0.25, -0.2) is 12.8 Å². The Balaban J connectivity index is 2.26. The lowest BCUT2D eigenvalue weighted by molar-refractivity contribution is -0.137. The zero-order valence-electron chi connectivity index (χ0n) is 15.1. The Bertz CT molecular complexity index is 934. The Labute approximate surface area is 162 Å². The van der Waals surface area contributed by atoms with E-state index in [0.29, 0.717) is 5.56 Å². The van der Waals surface area contributed by atoms with Gasteiger partial charge < -0.3 is 10.4 Å². The van der Waals surface area contributed by atoms with Gasteiger partial charge in [-0.05, 0) is 31.0 Å². The fourth-order valence-electron chi connectivity index (χ4n) is 2.61. The summed E-state index contributed by atoms with van der Waals surface area (Å²) in [5.41, 5.74) is 0.685. The van der Waals surface area contributed by atoms with Crippen LogP contribution in [0.4, 0.5) is 4.39 Å². The Hall–Kier alpha value is -2.78. The number of sulfonamides is 1. The number of hydrogen-bond acceptors (Lipinski definition) is 4. The zero-order chi connectivity index (χ0) is 20.7. The largest absolute Gasteiger partial charge is 0.481 e. The summed E-state index contributed by atoms with van der Waals surface area (Å²) < 4.78 is 41.4. The molecular formula is C19H21FN2O5S. The number of carboxylic acids is 1. The highest BCUT2D eigenvalue weighted by atomic mass is 32.2. The summed E-state index contributed by atoms with van der Waals surface area (Å²) >= 11 is 0. The number of hydrogen-bond donors (Lipinski definition) is 3. The summed E-state index contributed by atoms with van der Waals surface area (Å²) in [7, 11) is -4.32. The summed E-state index contributed by atoms with van der Waals surface area (Å²) in [6.07, 6.45) is -0.302. The van der Waals surface area contributed by atoms with E-state index in [1.165, 1.54) is 19.1 Å². The standard InChI is InChI=1S/C19H21FN2O5S/c1-13(11-18(23)24)21-19(25)16(12-14-7-3-2-4-8-14)22-28(26,27)17-10-6-5-9-15(17)20/h2-10,13,16,22H,11-12H2,1H3,(H,21,25)(H,23,24)/t13-,16+/m1/s1. The number of carboxylic acid groups (broad SMARTS) is 1. The van der Waals surface area contributed by atoms with E-state index < -0.39 is 44.7 Å². The highest BCUT2D eigenvalue weighted by Crippen LogP contribution is 2.15. The van der Waals surface area contributed by atoms with E-state index in [9.17, 15) is 22.4 Å². The van der Waals surface area contributed by atoms with Crippen LogP contribution >= 0.6 is 0 Å². The second-order valence-corrected chi connectivity index (χ2v) is 7.98. The predicted molar refractivity (Wildman–Crippen MR) is 101 cm³/mol. The van der Waals surface area contributed by atoms with Crippen LogP contribution in [0.1, 0.15) is 18.9 Å². The van der Waals surface area contributed by atoms with Crippen LogP contribution in [0, 0.1) is 5.82 Å². The third kappa shape index (κ3) is 6.14. The summed E-state index contributed by atoms with van der Waals surface area (Å²) in [5, 5.41) is 11.3. The molecule has 7 nitrogen and oxygen atoms in total. The monoisotopic (exact) mass is 408 g/mol. The molecule has 2 aromatic carbocycles. The van der Waals surface area contributed by atoms with Gasteiger partial charge in [0.05, 0.1) is 6.42 Å². The highest BCUT2D eigenvalue weighted by molar-refractivity contribution is 7.89. The van der Waals surface area contributed by atoms with Gasteiger partial charge in [-0.1, -0.05) is 42.5 Å². The van der Waals surface area contributed by atoms with E-state index in [1.807, 2.05) is 0 Å². The van der Waals surface area contributed by atoms with Crippen LogP contribution in [-0.4, -0.2) is 37.5 Å². The van der Waals surface area contributed by atoms with Crippen molar-refractivity contribution >= 4 is 21.9 Å². The Morgan fingerprint density at radius 2 is 1.68 bits per heavy atom. The molecule has 0 spiro atoms. The van der Waals surface area contributed by atoms with Gasteiger partial charge in [0.1, 0.15) is 16.8 Å². The van der Waals surface area contributed by atoms with Crippen molar-refractivity contribution in [1.29, 1.82) is 0 Å². The summed E-state index contributed by atoms with van der Waals surface area (Å²) in [6, 6.07) is 11.6. The quantitative estimate of drug-likeness (QED) is 0.585. The lowest BCUT2D eigenvalue weighted by atomic mass is 10.1. The SMILES string of the molecule is C[C@H](CC(=O)O)NC(=O)[C@H](Cc1ccccc1)NS(=O)(=O)c1ccccc1F.